The number of aliphatic hydroxyl groups is 1. The molecule has 0 bridgehead atoms. The lowest BCUT2D eigenvalue weighted by Gasteiger charge is -2.13. The predicted octanol–water partition coefficient (Wildman–Crippen LogP) is 4.43. The Morgan fingerprint density at radius 2 is 1.89 bits per heavy atom. The van der Waals surface area contributed by atoms with E-state index >= 15 is 0 Å². The lowest BCUT2D eigenvalue weighted by atomic mass is 10.1. The molecule has 4 heteroatoms. The average Bonchev–Trinajstić information content (AvgIpc) is 2.33. The standard InChI is InChI=1S/C14H12BrFO2/c1-9(17)11-4-2-3-5-13(11)18-14-7-6-10(16)8-12(14)15/h2-9,17H,1H3/t9-/m1/s1. The Hall–Kier alpha value is -1.39. The van der Waals surface area contributed by atoms with Crippen LogP contribution in [0, 0.1) is 5.82 Å². The molecule has 0 unspecified atom stereocenters. The largest absolute Gasteiger partial charge is 0.456 e. The van der Waals surface area contributed by atoms with Crippen LogP contribution in [-0.2, 0) is 0 Å². The smallest absolute Gasteiger partial charge is 0.141 e. The summed E-state index contributed by atoms with van der Waals surface area (Å²) in [6, 6.07) is 11.4. The van der Waals surface area contributed by atoms with Crippen molar-refractivity contribution in [3.8, 4) is 11.5 Å². The van der Waals surface area contributed by atoms with Gasteiger partial charge in [-0.25, -0.2) is 4.39 Å². The van der Waals surface area contributed by atoms with Crippen molar-refractivity contribution in [2.45, 2.75) is 13.0 Å². The monoisotopic (exact) mass is 310 g/mol. The van der Waals surface area contributed by atoms with Gasteiger partial charge in [-0.2, -0.15) is 0 Å². The van der Waals surface area contributed by atoms with E-state index in [0.29, 0.717) is 21.5 Å². The zero-order valence-corrected chi connectivity index (χ0v) is 11.3. The van der Waals surface area contributed by atoms with Crippen molar-refractivity contribution in [1.29, 1.82) is 0 Å². The molecule has 0 aromatic heterocycles. The zero-order valence-electron chi connectivity index (χ0n) is 9.73. The van der Waals surface area contributed by atoms with Gasteiger partial charge in [0.2, 0.25) is 0 Å². The molecule has 94 valence electrons. The Labute approximate surface area is 113 Å². The van der Waals surface area contributed by atoms with Crippen LogP contribution >= 0.6 is 15.9 Å². The second-order valence-electron chi connectivity index (χ2n) is 3.89. The summed E-state index contributed by atoms with van der Waals surface area (Å²) in [4.78, 5) is 0. The van der Waals surface area contributed by atoms with Gasteiger partial charge >= 0.3 is 0 Å². The Balaban J connectivity index is 2.34. The molecule has 0 saturated carbocycles. The van der Waals surface area contributed by atoms with Crippen LogP contribution in [0.3, 0.4) is 0 Å². The molecule has 0 aliphatic carbocycles. The molecule has 0 radical (unpaired) electrons. The van der Waals surface area contributed by atoms with Crippen LogP contribution in [-0.4, -0.2) is 5.11 Å². The minimum Gasteiger partial charge on any atom is -0.456 e. The highest BCUT2D eigenvalue weighted by Gasteiger charge is 2.11. The van der Waals surface area contributed by atoms with Crippen molar-refractivity contribution in [2.24, 2.45) is 0 Å². The fourth-order valence-electron chi connectivity index (χ4n) is 1.60. The maximum absolute atomic E-state index is 13.0. The van der Waals surface area contributed by atoms with Crippen molar-refractivity contribution >= 4 is 15.9 Å². The first-order chi connectivity index (χ1) is 8.58. The lowest BCUT2D eigenvalue weighted by molar-refractivity contribution is 0.195. The van der Waals surface area contributed by atoms with E-state index < -0.39 is 6.10 Å². The highest BCUT2D eigenvalue weighted by atomic mass is 79.9. The molecule has 2 aromatic carbocycles. The maximum atomic E-state index is 13.0. The van der Waals surface area contributed by atoms with E-state index in [2.05, 4.69) is 15.9 Å². The molecular weight excluding hydrogens is 299 g/mol. The Morgan fingerprint density at radius 3 is 2.56 bits per heavy atom. The summed E-state index contributed by atoms with van der Waals surface area (Å²) in [7, 11) is 0. The minimum atomic E-state index is -0.625. The van der Waals surface area contributed by atoms with Gasteiger partial charge in [0.1, 0.15) is 17.3 Å². The van der Waals surface area contributed by atoms with Crippen LogP contribution < -0.4 is 4.74 Å². The van der Waals surface area contributed by atoms with E-state index in [1.54, 1.807) is 19.1 Å². The number of para-hydroxylation sites is 1. The fraction of sp³-hybridized carbons (Fsp3) is 0.143. The summed E-state index contributed by atoms with van der Waals surface area (Å²) in [5, 5.41) is 9.64. The SMILES string of the molecule is C[C@@H](O)c1ccccc1Oc1ccc(F)cc1Br. The van der Waals surface area contributed by atoms with Crippen LogP contribution in [0.4, 0.5) is 4.39 Å². The third-order valence-electron chi connectivity index (χ3n) is 2.48. The van der Waals surface area contributed by atoms with Crippen LogP contribution in [0.5, 0.6) is 11.5 Å². The molecule has 1 N–H and O–H groups in total. The van der Waals surface area contributed by atoms with Gasteiger partial charge in [0.25, 0.3) is 0 Å². The van der Waals surface area contributed by atoms with Gasteiger partial charge in [-0.15, -0.1) is 0 Å². The molecule has 2 rings (SSSR count). The molecule has 0 aliphatic rings. The molecule has 18 heavy (non-hydrogen) atoms. The summed E-state index contributed by atoms with van der Waals surface area (Å²) >= 11 is 3.24. The van der Waals surface area contributed by atoms with E-state index in [4.69, 9.17) is 4.74 Å². The molecule has 0 fully saturated rings. The van der Waals surface area contributed by atoms with Crippen molar-refractivity contribution in [1.82, 2.24) is 0 Å². The molecule has 2 nitrogen and oxygen atoms in total. The second-order valence-corrected chi connectivity index (χ2v) is 4.74. The summed E-state index contributed by atoms with van der Waals surface area (Å²) in [5.74, 6) is 0.724. The number of halogens is 2. The minimum absolute atomic E-state index is 0.335. The first kappa shape index (κ1) is 13.1. The molecular formula is C14H12BrFO2. The first-order valence-corrected chi connectivity index (χ1v) is 6.27. The van der Waals surface area contributed by atoms with Gasteiger partial charge < -0.3 is 9.84 Å². The van der Waals surface area contributed by atoms with Gasteiger partial charge in [-0.05, 0) is 47.1 Å². The fourth-order valence-corrected chi connectivity index (χ4v) is 2.03. The van der Waals surface area contributed by atoms with Crippen LogP contribution in [0.15, 0.2) is 46.9 Å². The van der Waals surface area contributed by atoms with E-state index in [9.17, 15) is 9.50 Å². The van der Waals surface area contributed by atoms with E-state index in [1.807, 2.05) is 12.1 Å². The zero-order chi connectivity index (χ0) is 13.1. The topological polar surface area (TPSA) is 29.5 Å². The molecule has 0 saturated heterocycles. The molecule has 0 amide bonds. The highest BCUT2D eigenvalue weighted by Crippen LogP contribution is 2.33. The summed E-state index contributed by atoms with van der Waals surface area (Å²) in [5.41, 5.74) is 0.689. The Kier molecular flexibility index (Phi) is 3.99. The van der Waals surface area contributed by atoms with Gasteiger partial charge in [0.15, 0.2) is 0 Å². The highest BCUT2D eigenvalue weighted by molar-refractivity contribution is 9.10. The van der Waals surface area contributed by atoms with E-state index in [0.717, 1.165) is 0 Å². The van der Waals surface area contributed by atoms with Crippen LogP contribution in [0.25, 0.3) is 0 Å². The second kappa shape index (κ2) is 5.50. The quantitative estimate of drug-likeness (QED) is 0.908. The third kappa shape index (κ3) is 2.89. The molecule has 0 aliphatic heterocycles. The number of benzene rings is 2. The number of hydrogen-bond acceptors (Lipinski definition) is 2. The Morgan fingerprint density at radius 1 is 1.17 bits per heavy atom. The molecule has 0 spiro atoms. The van der Waals surface area contributed by atoms with Crippen LogP contribution in [0.1, 0.15) is 18.6 Å². The molecule has 0 heterocycles. The third-order valence-corrected chi connectivity index (χ3v) is 3.10. The van der Waals surface area contributed by atoms with Crippen molar-refractivity contribution in [3.05, 3.63) is 58.3 Å². The Bertz CT molecular complexity index is 555. The number of hydrogen-bond donors (Lipinski definition) is 1. The van der Waals surface area contributed by atoms with Crippen molar-refractivity contribution < 1.29 is 14.2 Å². The van der Waals surface area contributed by atoms with Gasteiger partial charge in [0, 0.05) is 5.56 Å². The first-order valence-electron chi connectivity index (χ1n) is 5.48. The van der Waals surface area contributed by atoms with Crippen LogP contribution in [0.2, 0.25) is 0 Å². The van der Waals surface area contributed by atoms with Gasteiger partial charge in [-0.3, -0.25) is 0 Å². The van der Waals surface area contributed by atoms with E-state index in [1.165, 1.54) is 18.2 Å². The summed E-state index contributed by atoms with van der Waals surface area (Å²) in [6.45, 7) is 1.67. The normalized spacial score (nSPS) is 12.2. The number of ether oxygens (including phenoxy) is 1. The van der Waals surface area contributed by atoms with Crippen molar-refractivity contribution in [2.75, 3.05) is 0 Å². The molecule has 1 atom stereocenters. The van der Waals surface area contributed by atoms with Gasteiger partial charge in [-0.1, -0.05) is 18.2 Å². The van der Waals surface area contributed by atoms with Gasteiger partial charge in [0.05, 0.1) is 10.6 Å². The number of rotatable bonds is 3. The van der Waals surface area contributed by atoms with Crippen molar-refractivity contribution in [3.63, 3.8) is 0 Å². The average molecular weight is 311 g/mol. The summed E-state index contributed by atoms with van der Waals surface area (Å²) in [6.07, 6.45) is -0.625. The molecule has 2 aromatic rings. The maximum Gasteiger partial charge on any atom is 0.141 e. The summed E-state index contributed by atoms with van der Waals surface area (Å²) < 4.78 is 19.2. The lowest BCUT2D eigenvalue weighted by Crippen LogP contribution is -1.96. The number of aliphatic hydroxyl groups excluding tert-OH is 1. The van der Waals surface area contributed by atoms with E-state index in [-0.39, 0.29) is 5.82 Å². The predicted molar refractivity (Wildman–Crippen MR) is 71.2 cm³/mol.